The summed E-state index contributed by atoms with van der Waals surface area (Å²) in [7, 11) is 0. The lowest BCUT2D eigenvalue weighted by atomic mass is 9.53. The van der Waals surface area contributed by atoms with Gasteiger partial charge < -0.3 is 16.4 Å². The third-order valence-corrected chi connectivity index (χ3v) is 5.83. The van der Waals surface area contributed by atoms with E-state index < -0.39 is 6.03 Å². The van der Waals surface area contributed by atoms with E-state index in [9.17, 15) is 9.59 Å². The topological polar surface area (TPSA) is 84.2 Å². The standard InChI is InChI=1S/C18H23N3O2/c19-17(23)20-15-3-1-14(2-4-15)16(22)21-18-8-11-5-12(9-18)7-13(6-11)10-18/h1-4,11-13H,5-10H2,(H,21,22)(H3,19,20,23). The predicted molar refractivity (Wildman–Crippen MR) is 88.0 cm³/mol. The van der Waals surface area contributed by atoms with Crippen LogP contribution in [0.4, 0.5) is 10.5 Å². The van der Waals surface area contributed by atoms with Crippen LogP contribution in [0.15, 0.2) is 24.3 Å². The number of hydrogen-bond acceptors (Lipinski definition) is 2. The van der Waals surface area contributed by atoms with Crippen molar-refractivity contribution < 1.29 is 9.59 Å². The predicted octanol–water partition coefficient (Wildman–Crippen LogP) is 2.88. The summed E-state index contributed by atoms with van der Waals surface area (Å²) >= 11 is 0. The fourth-order valence-electron chi connectivity index (χ4n) is 5.42. The molecule has 0 atom stereocenters. The summed E-state index contributed by atoms with van der Waals surface area (Å²) in [5, 5.41) is 5.85. The van der Waals surface area contributed by atoms with Crippen LogP contribution in [0, 0.1) is 17.8 Å². The number of urea groups is 1. The van der Waals surface area contributed by atoms with Crippen LogP contribution in [0.3, 0.4) is 0 Å². The van der Waals surface area contributed by atoms with E-state index in [1.54, 1.807) is 24.3 Å². The molecule has 0 aromatic heterocycles. The Hall–Kier alpha value is -2.04. The molecule has 0 radical (unpaired) electrons. The molecule has 4 aliphatic rings. The zero-order valence-corrected chi connectivity index (χ0v) is 13.2. The number of amides is 3. The highest BCUT2D eigenvalue weighted by molar-refractivity contribution is 5.95. The summed E-state index contributed by atoms with van der Waals surface area (Å²) in [5.41, 5.74) is 6.35. The Kier molecular flexibility index (Phi) is 3.32. The summed E-state index contributed by atoms with van der Waals surface area (Å²) in [5.74, 6) is 2.42. The highest BCUT2D eigenvalue weighted by atomic mass is 16.2. The van der Waals surface area contributed by atoms with Crippen molar-refractivity contribution in [3.05, 3.63) is 29.8 Å². The summed E-state index contributed by atoms with van der Waals surface area (Å²) in [6.45, 7) is 0. The van der Waals surface area contributed by atoms with Gasteiger partial charge in [0.05, 0.1) is 0 Å². The summed E-state index contributed by atoms with van der Waals surface area (Å²) in [4.78, 5) is 23.5. The zero-order valence-electron chi connectivity index (χ0n) is 13.2. The quantitative estimate of drug-likeness (QED) is 0.801. The Bertz CT molecular complexity index is 603. The molecule has 3 amide bonds. The van der Waals surface area contributed by atoms with Gasteiger partial charge in [-0.3, -0.25) is 4.79 Å². The first kappa shape index (κ1) is 14.5. The molecular weight excluding hydrogens is 290 g/mol. The molecule has 5 rings (SSSR count). The minimum Gasteiger partial charge on any atom is -0.351 e. The number of carbonyl (C=O) groups excluding carboxylic acids is 2. The van der Waals surface area contributed by atoms with Gasteiger partial charge in [0.2, 0.25) is 0 Å². The van der Waals surface area contributed by atoms with Crippen molar-refractivity contribution in [1.29, 1.82) is 0 Å². The number of hydrogen-bond donors (Lipinski definition) is 3. The van der Waals surface area contributed by atoms with Gasteiger partial charge in [0.1, 0.15) is 0 Å². The van der Waals surface area contributed by atoms with Crippen LogP contribution in [-0.2, 0) is 0 Å². The third-order valence-electron chi connectivity index (χ3n) is 5.83. The Morgan fingerprint density at radius 3 is 1.96 bits per heavy atom. The second-order valence-corrected chi connectivity index (χ2v) is 7.72. The maximum atomic E-state index is 12.6. The number of nitrogens with two attached hydrogens (primary N) is 1. The van der Waals surface area contributed by atoms with Crippen molar-refractivity contribution in [1.82, 2.24) is 5.32 Å². The normalized spacial score (nSPS) is 34.2. The third kappa shape index (κ3) is 2.80. The van der Waals surface area contributed by atoms with Gasteiger partial charge in [-0.05, 0) is 80.5 Å². The first-order valence-corrected chi connectivity index (χ1v) is 8.50. The van der Waals surface area contributed by atoms with Gasteiger partial charge in [0, 0.05) is 16.8 Å². The molecule has 0 spiro atoms. The lowest BCUT2D eigenvalue weighted by Crippen LogP contribution is -2.59. The van der Waals surface area contributed by atoms with Crippen LogP contribution in [-0.4, -0.2) is 17.5 Å². The van der Waals surface area contributed by atoms with E-state index in [2.05, 4.69) is 10.6 Å². The molecule has 5 heteroatoms. The molecular formula is C18H23N3O2. The van der Waals surface area contributed by atoms with Crippen LogP contribution >= 0.6 is 0 Å². The molecule has 1 aromatic rings. The maximum absolute atomic E-state index is 12.6. The van der Waals surface area contributed by atoms with Gasteiger partial charge in [0.25, 0.3) is 5.91 Å². The Balaban J connectivity index is 1.46. The molecule has 23 heavy (non-hydrogen) atoms. The van der Waals surface area contributed by atoms with Gasteiger partial charge in [-0.25, -0.2) is 4.79 Å². The van der Waals surface area contributed by atoms with Crippen molar-refractivity contribution in [2.75, 3.05) is 5.32 Å². The van der Waals surface area contributed by atoms with Crippen LogP contribution in [0.2, 0.25) is 0 Å². The average molecular weight is 313 g/mol. The molecule has 4 saturated carbocycles. The van der Waals surface area contributed by atoms with Crippen molar-refractivity contribution in [2.45, 2.75) is 44.1 Å². The lowest BCUT2D eigenvalue weighted by molar-refractivity contribution is -0.0167. The molecule has 4 fully saturated rings. The van der Waals surface area contributed by atoms with E-state index >= 15 is 0 Å². The highest BCUT2D eigenvalue weighted by Crippen LogP contribution is 2.55. The van der Waals surface area contributed by atoms with Gasteiger partial charge in [-0.15, -0.1) is 0 Å². The van der Waals surface area contributed by atoms with Crippen LogP contribution < -0.4 is 16.4 Å². The van der Waals surface area contributed by atoms with Gasteiger partial charge in [0.15, 0.2) is 0 Å². The van der Waals surface area contributed by atoms with E-state index in [1.165, 1.54) is 19.3 Å². The molecule has 4 bridgehead atoms. The fourth-order valence-corrected chi connectivity index (χ4v) is 5.42. The summed E-state index contributed by atoms with van der Waals surface area (Å²) in [6, 6.07) is 6.29. The Morgan fingerprint density at radius 1 is 0.957 bits per heavy atom. The molecule has 4 aliphatic carbocycles. The number of carbonyl (C=O) groups is 2. The van der Waals surface area contributed by atoms with Crippen molar-refractivity contribution in [2.24, 2.45) is 23.5 Å². The minimum absolute atomic E-state index is 0.00225. The van der Waals surface area contributed by atoms with Crippen molar-refractivity contribution in [3.63, 3.8) is 0 Å². The number of benzene rings is 1. The summed E-state index contributed by atoms with van der Waals surface area (Å²) < 4.78 is 0. The average Bonchev–Trinajstić information content (AvgIpc) is 2.45. The molecule has 122 valence electrons. The monoisotopic (exact) mass is 313 g/mol. The molecule has 0 aliphatic heterocycles. The van der Waals surface area contributed by atoms with E-state index in [0.29, 0.717) is 11.3 Å². The molecule has 1 aromatic carbocycles. The molecule has 0 saturated heterocycles. The highest BCUT2D eigenvalue weighted by Gasteiger charge is 2.51. The van der Waals surface area contributed by atoms with Gasteiger partial charge in [-0.1, -0.05) is 0 Å². The Labute approximate surface area is 136 Å². The van der Waals surface area contributed by atoms with Crippen LogP contribution in [0.25, 0.3) is 0 Å². The van der Waals surface area contributed by atoms with Gasteiger partial charge >= 0.3 is 6.03 Å². The lowest BCUT2D eigenvalue weighted by Gasteiger charge is -2.56. The van der Waals surface area contributed by atoms with Crippen LogP contribution in [0.5, 0.6) is 0 Å². The molecule has 5 nitrogen and oxygen atoms in total. The molecule has 4 N–H and O–H groups in total. The van der Waals surface area contributed by atoms with Gasteiger partial charge in [-0.2, -0.15) is 0 Å². The van der Waals surface area contributed by atoms with Crippen molar-refractivity contribution >= 4 is 17.6 Å². The van der Waals surface area contributed by atoms with E-state index in [1.807, 2.05) is 0 Å². The zero-order chi connectivity index (χ0) is 16.0. The first-order chi connectivity index (χ1) is 11.0. The number of nitrogens with one attached hydrogen (secondary N) is 2. The Morgan fingerprint density at radius 2 is 1.48 bits per heavy atom. The number of primary amides is 1. The first-order valence-electron chi connectivity index (χ1n) is 8.50. The number of anilines is 1. The maximum Gasteiger partial charge on any atom is 0.316 e. The van der Waals surface area contributed by atoms with Crippen molar-refractivity contribution in [3.8, 4) is 0 Å². The minimum atomic E-state index is -0.601. The summed E-state index contributed by atoms with van der Waals surface area (Å²) in [6.07, 6.45) is 7.53. The van der Waals surface area contributed by atoms with Crippen LogP contribution in [0.1, 0.15) is 48.9 Å². The van der Waals surface area contributed by atoms with E-state index in [4.69, 9.17) is 5.73 Å². The largest absolute Gasteiger partial charge is 0.351 e. The molecule has 0 heterocycles. The SMILES string of the molecule is NC(=O)Nc1ccc(C(=O)NC23CC4CC(CC(C4)C2)C3)cc1. The van der Waals surface area contributed by atoms with E-state index in [0.717, 1.165) is 37.0 Å². The van der Waals surface area contributed by atoms with E-state index in [-0.39, 0.29) is 11.4 Å². The number of rotatable bonds is 3. The fraction of sp³-hybridized carbons (Fsp3) is 0.556. The second kappa shape index (κ2) is 5.25. The molecule has 0 unspecified atom stereocenters. The smallest absolute Gasteiger partial charge is 0.316 e. The second-order valence-electron chi connectivity index (χ2n) is 7.72.